The van der Waals surface area contributed by atoms with E-state index in [4.69, 9.17) is 14.1 Å². The lowest BCUT2D eigenvalue weighted by Gasteiger charge is -2.43. The molecule has 3 aromatic rings. The van der Waals surface area contributed by atoms with Crippen LogP contribution in [0.1, 0.15) is 67.2 Å². The summed E-state index contributed by atoms with van der Waals surface area (Å²) in [5.41, 5.74) is 3.94. The number of amides is 1. The van der Waals surface area contributed by atoms with Crippen LogP contribution < -0.4 is 0 Å². The van der Waals surface area contributed by atoms with Crippen molar-refractivity contribution in [3.8, 4) is 11.5 Å². The fourth-order valence-corrected chi connectivity index (χ4v) is 6.33. The third kappa shape index (κ3) is 5.78. The Morgan fingerprint density at radius 1 is 1.05 bits per heavy atom. The van der Waals surface area contributed by atoms with Gasteiger partial charge in [0.25, 0.3) is 0 Å². The molecule has 2 aliphatic rings. The zero-order valence-corrected chi connectivity index (χ0v) is 23.0. The van der Waals surface area contributed by atoms with Gasteiger partial charge in [-0.1, -0.05) is 54.4 Å². The number of aliphatic carboxylic acids is 1. The maximum absolute atomic E-state index is 13.8. The van der Waals surface area contributed by atoms with E-state index in [0.717, 1.165) is 53.8 Å². The van der Waals surface area contributed by atoms with Crippen LogP contribution in [-0.2, 0) is 20.9 Å². The quantitative estimate of drug-likeness (QED) is 0.347. The molecule has 39 heavy (non-hydrogen) atoms. The number of hydrogen-bond donors (Lipinski definition) is 1. The maximum Gasteiger partial charge on any atom is 0.307 e. The average Bonchev–Trinajstić information content (AvgIpc) is 3.28. The van der Waals surface area contributed by atoms with Crippen molar-refractivity contribution < 1.29 is 23.8 Å². The van der Waals surface area contributed by atoms with Crippen molar-refractivity contribution in [2.45, 2.75) is 71.1 Å². The van der Waals surface area contributed by atoms with Crippen molar-refractivity contribution in [1.29, 1.82) is 0 Å². The lowest BCUT2D eigenvalue weighted by molar-refractivity contribution is -0.158. The Balaban J connectivity index is 1.39. The number of oxazole rings is 1. The molecule has 1 heterocycles. The summed E-state index contributed by atoms with van der Waals surface area (Å²) >= 11 is 0. The topological polar surface area (TPSA) is 92.9 Å². The summed E-state index contributed by atoms with van der Waals surface area (Å²) in [5.74, 6) is -0.435. The highest BCUT2D eigenvalue weighted by molar-refractivity contribution is 5.86. The van der Waals surface area contributed by atoms with Crippen molar-refractivity contribution >= 4 is 11.9 Å². The van der Waals surface area contributed by atoms with Crippen LogP contribution in [0, 0.1) is 31.6 Å². The molecule has 2 fully saturated rings. The second kappa shape index (κ2) is 11.7. The summed E-state index contributed by atoms with van der Waals surface area (Å²) in [6, 6.07) is 18.1. The molecule has 5 rings (SSSR count). The zero-order valence-electron chi connectivity index (χ0n) is 23.0. The molecule has 0 bridgehead atoms. The summed E-state index contributed by atoms with van der Waals surface area (Å²) < 4.78 is 12.2. The molecule has 1 aromatic heterocycles. The molecule has 2 saturated carbocycles. The summed E-state index contributed by atoms with van der Waals surface area (Å²) in [5, 5.41) is 9.63. The summed E-state index contributed by atoms with van der Waals surface area (Å²) in [6.07, 6.45) is 4.55. The second-order valence-corrected chi connectivity index (χ2v) is 11.1. The van der Waals surface area contributed by atoms with Gasteiger partial charge in [-0.05, 0) is 69.6 Å². The first kappa shape index (κ1) is 27.1. The molecule has 0 saturated heterocycles. The smallest absolute Gasteiger partial charge is 0.307 e. The Kier molecular flexibility index (Phi) is 8.17. The third-order valence-corrected chi connectivity index (χ3v) is 8.56. The van der Waals surface area contributed by atoms with Crippen LogP contribution in [0.3, 0.4) is 0 Å². The SMILES string of the molecule is COC(c1nc(-c2cccc(C)c2)oc1C)C1CCCC(N(Cc2ccccc2)C(=O)C2CCC2C(=O)O)C1. The molecular formula is C32H38N2O5. The number of methoxy groups -OCH3 is 1. The Bertz CT molecular complexity index is 1300. The van der Waals surface area contributed by atoms with Crippen LogP contribution in [0.5, 0.6) is 0 Å². The molecule has 5 unspecified atom stereocenters. The minimum atomic E-state index is -0.869. The molecule has 2 aliphatic carbocycles. The Morgan fingerprint density at radius 3 is 2.49 bits per heavy atom. The third-order valence-electron chi connectivity index (χ3n) is 8.56. The molecule has 7 heteroatoms. The number of aryl methyl sites for hydroxylation is 2. The van der Waals surface area contributed by atoms with Gasteiger partial charge in [0, 0.05) is 25.3 Å². The molecule has 1 N–H and O–H groups in total. The molecule has 0 aliphatic heterocycles. The van der Waals surface area contributed by atoms with E-state index < -0.39 is 17.8 Å². The number of nitrogens with zero attached hydrogens (tertiary/aromatic N) is 2. The number of ether oxygens (including phenoxy) is 1. The van der Waals surface area contributed by atoms with E-state index in [1.165, 1.54) is 0 Å². The summed E-state index contributed by atoms with van der Waals surface area (Å²) in [7, 11) is 1.72. The van der Waals surface area contributed by atoms with E-state index in [2.05, 4.69) is 6.07 Å². The van der Waals surface area contributed by atoms with E-state index >= 15 is 0 Å². The summed E-state index contributed by atoms with van der Waals surface area (Å²) in [4.78, 5) is 32.4. The van der Waals surface area contributed by atoms with E-state index in [-0.39, 0.29) is 24.0 Å². The van der Waals surface area contributed by atoms with Crippen LogP contribution in [0.4, 0.5) is 0 Å². The molecule has 5 atom stereocenters. The van der Waals surface area contributed by atoms with Gasteiger partial charge in [0.1, 0.15) is 17.6 Å². The van der Waals surface area contributed by atoms with E-state index in [1.807, 2.05) is 67.3 Å². The molecule has 0 spiro atoms. The molecule has 7 nitrogen and oxygen atoms in total. The Labute approximate surface area is 230 Å². The highest BCUT2D eigenvalue weighted by atomic mass is 16.5. The Morgan fingerprint density at radius 2 is 1.82 bits per heavy atom. The van der Waals surface area contributed by atoms with E-state index in [9.17, 15) is 14.7 Å². The van der Waals surface area contributed by atoms with Crippen LogP contribution in [0.2, 0.25) is 0 Å². The van der Waals surface area contributed by atoms with Crippen molar-refractivity contribution in [3.63, 3.8) is 0 Å². The van der Waals surface area contributed by atoms with Crippen LogP contribution >= 0.6 is 0 Å². The van der Waals surface area contributed by atoms with Crippen molar-refractivity contribution in [2.75, 3.05) is 7.11 Å². The average molecular weight is 531 g/mol. The number of carboxylic acid groups (broad SMARTS) is 1. The number of hydrogen-bond acceptors (Lipinski definition) is 5. The van der Waals surface area contributed by atoms with Gasteiger partial charge in [-0.3, -0.25) is 9.59 Å². The van der Waals surface area contributed by atoms with Gasteiger partial charge in [-0.15, -0.1) is 0 Å². The Hall–Kier alpha value is -3.45. The van der Waals surface area contributed by atoms with Gasteiger partial charge in [0.05, 0.1) is 11.8 Å². The first-order chi connectivity index (χ1) is 18.9. The number of carboxylic acids is 1. The lowest BCUT2D eigenvalue weighted by atomic mass is 9.72. The highest BCUT2D eigenvalue weighted by Crippen LogP contribution is 2.42. The van der Waals surface area contributed by atoms with E-state index in [1.54, 1.807) is 7.11 Å². The molecule has 2 aromatic carbocycles. The minimum absolute atomic E-state index is 0.00704. The van der Waals surface area contributed by atoms with Crippen LogP contribution in [0.25, 0.3) is 11.5 Å². The predicted octanol–water partition coefficient (Wildman–Crippen LogP) is 6.34. The lowest BCUT2D eigenvalue weighted by Crippen LogP contribution is -2.50. The van der Waals surface area contributed by atoms with Crippen LogP contribution in [0.15, 0.2) is 59.0 Å². The van der Waals surface area contributed by atoms with Crippen molar-refractivity contribution in [2.24, 2.45) is 17.8 Å². The normalized spacial score (nSPS) is 23.6. The van der Waals surface area contributed by atoms with Crippen molar-refractivity contribution in [3.05, 3.63) is 77.2 Å². The number of carbonyl (C=O) groups is 2. The first-order valence-corrected chi connectivity index (χ1v) is 14.0. The monoisotopic (exact) mass is 530 g/mol. The molecular weight excluding hydrogens is 492 g/mol. The fourth-order valence-electron chi connectivity index (χ4n) is 6.33. The van der Waals surface area contributed by atoms with Gasteiger partial charge >= 0.3 is 5.97 Å². The zero-order chi connectivity index (χ0) is 27.5. The molecule has 206 valence electrons. The summed E-state index contributed by atoms with van der Waals surface area (Å²) in [6.45, 7) is 4.46. The number of benzene rings is 2. The number of carbonyl (C=O) groups excluding carboxylic acids is 1. The van der Waals surface area contributed by atoms with Gasteiger partial charge in [-0.25, -0.2) is 4.98 Å². The largest absolute Gasteiger partial charge is 0.481 e. The van der Waals surface area contributed by atoms with Gasteiger partial charge in [-0.2, -0.15) is 0 Å². The van der Waals surface area contributed by atoms with Gasteiger partial charge in [0.15, 0.2) is 0 Å². The fraction of sp³-hybridized carbons (Fsp3) is 0.469. The standard InChI is InChI=1S/C32H38N2O5/c1-20-9-7-13-24(17-20)30-33-28(21(2)39-30)29(38-3)23-12-8-14-25(18-23)34(19-22-10-5-4-6-11-22)31(35)26-15-16-27(26)32(36)37/h4-7,9-11,13,17,23,25-27,29H,8,12,14-16,18-19H2,1-3H3,(H,36,37). The van der Waals surface area contributed by atoms with Crippen molar-refractivity contribution in [1.82, 2.24) is 9.88 Å². The predicted molar refractivity (Wildman–Crippen MR) is 148 cm³/mol. The highest BCUT2D eigenvalue weighted by Gasteiger charge is 2.45. The van der Waals surface area contributed by atoms with Gasteiger partial charge < -0.3 is 19.2 Å². The minimum Gasteiger partial charge on any atom is -0.481 e. The number of rotatable bonds is 9. The number of aromatic nitrogens is 1. The van der Waals surface area contributed by atoms with E-state index in [0.29, 0.717) is 25.3 Å². The first-order valence-electron chi connectivity index (χ1n) is 14.0. The molecule has 0 radical (unpaired) electrons. The molecule has 1 amide bonds. The maximum atomic E-state index is 13.8. The van der Waals surface area contributed by atoms with Gasteiger partial charge in [0.2, 0.25) is 11.8 Å². The van der Waals surface area contributed by atoms with Crippen LogP contribution in [-0.4, -0.2) is 40.0 Å². The second-order valence-electron chi connectivity index (χ2n) is 11.1.